The zero-order valence-corrected chi connectivity index (χ0v) is 45.6. The van der Waals surface area contributed by atoms with Crippen LogP contribution in [0, 0.1) is 13.8 Å². The van der Waals surface area contributed by atoms with Crippen molar-refractivity contribution in [1.82, 2.24) is 9.62 Å². The first-order valence-corrected chi connectivity index (χ1v) is 24.9. The van der Waals surface area contributed by atoms with Crippen molar-refractivity contribution in [2.45, 2.75) is 149 Å². The van der Waals surface area contributed by atoms with Gasteiger partial charge in [0, 0.05) is 69.3 Å². The molecule has 3 radical (unpaired) electrons. The van der Waals surface area contributed by atoms with E-state index in [1.54, 1.807) is 6.82 Å². The Balaban J connectivity index is 0.000000264. The molecule has 2 aliphatic heterocycles. The van der Waals surface area contributed by atoms with Crippen molar-refractivity contribution in [2.24, 2.45) is 0 Å². The minimum Gasteiger partial charge on any atom is -0.793 e. The van der Waals surface area contributed by atoms with Gasteiger partial charge in [-0.15, -0.1) is 0 Å². The molecule has 0 amide bonds. The molecule has 2 heterocycles. The summed E-state index contributed by atoms with van der Waals surface area (Å²) in [7, 11) is 3.57. The Labute approximate surface area is 447 Å². The average molecular weight is 980 g/mol. The van der Waals surface area contributed by atoms with Gasteiger partial charge in [0.15, 0.2) is 0 Å². The summed E-state index contributed by atoms with van der Waals surface area (Å²) < 4.78 is 3.61. The van der Waals surface area contributed by atoms with Gasteiger partial charge < -0.3 is 47.4 Å². The Hall–Kier alpha value is -4.41. The molecule has 375 valence electrons. The number of piperidine rings is 2. The summed E-state index contributed by atoms with van der Waals surface area (Å²) in [5.74, 6) is -1.74. The Morgan fingerprint density at radius 2 is 1.11 bits per heavy atom. The van der Waals surface area contributed by atoms with E-state index in [0.717, 1.165) is 84.7 Å². The van der Waals surface area contributed by atoms with Gasteiger partial charge in [0.2, 0.25) is 5.97 Å². The summed E-state index contributed by atoms with van der Waals surface area (Å²) in [5.41, 5.74) is 11.3. The number of benzene rings is 4. The molecule has 3 N–H and O–H groups in total. The van der Waals surface area contributed by atoms with Crippen LogP contribution in [0.15, 0.2) is 97.1 Å². The molecular weight excluding hydrogens is 904 g/mol. The van der Waals surface area contributed by atoms with Crippen molar-refractivity contribution in [1.29, 1.82) is 0 Å². The molecule has 1 unspecified atom stereocenters. The number of carbonyl (C=O) groups excluding carboxylic acids is 4. The van der Waals surface area contributed by atoms with Gasteiger partial charge in [0.1, 0.15) is 6.29 Å². The van der Waals surface area contributed by atoms with Crippen LogP contribution in [0.5, 0.6) is 0 Å². The second kappa shape index (κ2) is 32.6. The van der Waals surface area contributed by atoms with Crippen molar-refractivity contribution in [3.8, 4) is 0 Å². The van der Waals surface area contributed by atoms with E-state index in [-0.39, 0.29) is 42.6 Å². The summed E-state index contributed by atoms with van der Waals surface area (Å²) >= 11 is 0. The fourth-order valence-electron chi connectivity index (χ4n) is 9.87. The molecule has 4 aromatic carbocycles. The zero-order chi connectivity index (χ0) is 51.0. The largest absolute Gasteiger partial charge is 1.00 e. The summed E-state index contributed by atoms with van der Waals surface area (Å²) in [5, 5.41) is 23.3. The first-order valence-electron chi connectivity index (χ1n) is 24.9. The molecule has 0 saturated carbocycles. The SMILES string of the molecule is CB(O)N1CCCCC1CCN(c1ccccc1C)C1Cc2ccccc2C1.CB(O)N1CCCC[C@@H]1CC=O.CC(=O)OOC(C)=O.Cc1ccccc1NC1Cc2ccccc2C1.[B-]OC(C)=O.[Na+]. The summed E-state index contributed by atoms with van der Waals surface area (Å²) in [4.78, 5) is 54.1. The third-order valence-electron chi connectivity index (χ3n) is 13.3. The molecule has 8 rings (SSSR count). The van der Waals surface area contributed by atoms with Gasteiger partial charge in [0.25, 0.3) is 0 Å². The summed E-state index contributed by atoms with van der Waals surface area (Å²) in [6, 6.07) is 36.8. The van der Waals surface area contributed by atoms with E-state index in [2.05, 4.69) is 148 Å². The van der Waals surface area contributed by atoms with Crippen LogP contribution >= 0.6 is 0 Å². The number of aldehydes is 1. The average Bonchev–Trinajstić information content (AvgIpc) is 3.97. The molecule has 2 saturated heterocycles. The number of aryl methyl sites for hydroxylation is 2. The maximum atomic E-state index is 10.3. The molecule has 0 spiro atoms. The zero-order valence-electron chi connectivity index (χ0n) is 43.6. The van der Waals surface area contributed by atoms with Crippen LogP contribution in [0.3, 0.4) is 0 Å². The number of fused-ring (bicyclic) bond motifs is 2. The predicted molar refractivity (Wildman–Crippen MR) is 281 cm³/mol. The molecule has 13 nitrogen and oxygen atoms in total. The van der Waals surface area contributed by atoms with Crippen LogP contribution in [0.2, 0.25) is 13.6 Å². The minimum atomic E-state index is -0.639. The molecular formula is C54H75B3N4NaO9. The first-order chi connectivity index (χ1) is 33.6. The topological polar surface area (TPSA) is 158 Å². The van der Waals surface area contributed by atoms with Crippen LogP contribution in [-0.4, -0.2) is 110 Å². The molecule has 71 heavy (non-hydrogen) atoms. The monoisotopic (exact) mass is 980 g/mol. The van der Waals surface area contributed by atoms with Crippen molar-refractivity contribution in [3.05, 3.63) is 130 Å². The molecule has 0 aromatic heterocycles. The van der Waals surface area contributed by atoms with Crippen molar-refractivity contribution in [3.63, 3.8) is 0 Å². The molecule has 2 fully saturated rings. The van der Waals surface area contributed by atoms with Crippen molar-refractivity contribution in [2.75, 3.05) is 29.9 Å². The number of rotatable bonds is 11. The second-order valence-electron chi connectivity index (χ2n) is 18.6. The molecule has 0 bridgehead atoms. The quantitative estimate of drug-likeness (QED) is 0.0790. The first kappa shape index (κ1) is 60.9. The molecule has 4 aromatic rings. The fraction of sp³-hybridized carbons (Fsp3) is 0.481. The van der Waals surface area contributed by atoms with Gasteiger partial charge in [0.05, 0.1) is 0 Å². The van der Waals surface area contributed by atoms with Gasteiger partial charge in [-0.1, -0.05) is 97.8 Å². The maximum Gasteiger partial charge on any atom is 1.00 e. The van der Waals surface area contributed by atoms with Gasteiger partial charge in [-0.05, 0) is 144 Å². The summed E-state index contributed by atoms with van der Waals surface area (Å²) in [6.45, 7) is 14.6. The fourth-order valence-corrected chi connectivity index (χ4v) is 9.87. The van der Waals surface area contributed by atoms with Crippen LogP contribution in [0.4, 0.5) is 11.4 Å². The smallest absolute Gasteiger partial charge is 0.793 e. The van der Waals surface area contributed by atoms with Crippen LogP contribution in [0.1, 0.15) is 106 Å². The number of anilines is 2. The van der Waals surface area contributed by atoms with Gasteiger partial charge in [-0.3, -0.25) is 4.79 Å². The molecule has 2 atom stereocenters. The van der Waals surface area contributed by atoms with E-state index in [0.29, 0.717) is 24.5 Å². The third kappa shape index (κ3) is 20.9. The number of para-hydroxylation sites is 2. The number of nitrogens with zero attached hydrogens (tertiary/aromatic N) is 3. The normalized spacial score (nSPS) is 17.1. The van der Waals surface area contributed by atoms with Gasteiger partial charge >= 0.3 is 55.6 Å². The van der Waals surface area contributed by atoms with Crippen molar-refractivity contribution >= 4 is 57.7 Å². The van der Waals surface area contributed by atoms with Gasteiger partial charge in [-0.25, -0.2) is 19.4 Å². The van der Waals surface area contributed by atoms with Crippen LogP contribution < -0.4 is 39.8 Å². The van der Waals surface area contributed by atoms with E-state index in [9.17, 15) is 29.2 Å². The molecule has 4 aliphatic rings. The Kier molecular flexibility index (Phi) is 28.0. The second-order valence-corrected chi connectivity index (χ2v) is 18.6. The number of hydrogen-bond donors (Lipinski definition) is 3. The third-order valence-corrected chi connectivity index (χ3v) is 13.3. The van der Waals surface area contributed by atoms with Crippen molar-refractivity contribution < 1.29 is 73.2 Å². The minimum absolute atomic E-state index is 0. The van der Waals surface area contributed by atoms with E-state index in [1.165, 1.54) is 77.4 Å². The van der Waals surface area contributed by atoms with E-state index in [1.807, 2.05) is 11.6 Å². The van der Waals surface area contributed by atoms with E-state index < -0.39 is 25.0 Å². The predicted octanol–water partition coefficient (Wildman–Crippen LogP) is 5.10. The molecule has 2 aliphatic carbocycles. The Bertz CT molecular complexity index is 2180. The number of carbonyl (C=O) groups is 4. The van der Waals surface area contributed by atoms with Crippen LogP contribution in [0.25, 0.3) is 0 Å². The number of nitrogens with one attached hydrogen (secondary N) is 1. The Morgan fingerprint density at radius 3 is 1.56 bits per heavy atom. The van der Waals surface area contributed by atoms with E-state index in [4.69, 9.17) is 0 Å². The standard InChI is InChI=1S/C24H33BN2O.C16H17N.C8H16BNO2.C4H6O4.C2H3BO2.Na/c1-19-9-3-6-13-24(19)26(23-17-20-10-4-5-11-21(20)18-23)16-14-22-12-7-8-15-27(22)25(2)28;1-12-6-2-5-9-16(12)17-15-10-13-7-3-4-8-14(13)11-15;1-9(12)10-6-3-2-4-8(10)5-7-11;1-3(5)7-8-4(2)6;1-2(4)5-3;/h3-6,9-11,13,22-23,28H,7-8,12,14-18H2,1-2H3;2-9,15,17H,10-11H2,1H3;7-8,12H,2-6H2,1H3;1-2H3;1H3;/q;;;;-1;+1/t;;8-;;;/m..1.../s1. The summed E-state index contributed by atoms with van der Waals surface area (Å²) in [6.07, 6.45) is 14.2. The van der Waals surface area contributed by atoms with E-state index >= 15 is 0 Å². The molecule has 17 heteroatoms. The van der Waals surface area contributed by atoms with Crippen LogP contribution in [-0.2, 0) is 59.3 Å². The van der Waals surface area contributed by atoms with Gasteiger partial charge in [-0.2, -0.15) is 0 Å². The maximum absolute atomic E-state index is 10.3. The Morgan fingerprint density at radius 1 is 0.676 bits per heavy atom. The number of hydrogen-bond acceptors (Lipinski definition) is 13.